The average Bonchev–Trinajstić information content (AvgIpc) is 2.35. The van der Waals surface area contributed by atoms with E-state index < -0.39 is 17.6 Å². The molecule has 0 unspecified atom stereocenters. The van der Waals surface area contributed by atoms with E-state index in [-0.39, 0.29) is 19.8 Å². The molecule has 106 valence electrons. The molecule has 0 aliphatic rings. The summed E-state index contributed by atoms with van der Waals surface area (Å²) < 4.78 is 10.2. The molecular formula is C14H21NO4. The van der Waals surface area contributed by atoms with Crippen molar-refractivity contribution in [3.8, 4) is 0 Å². The van der Waals surface area contributed by atoms with Crippen LogP contribution in [0.4, 0.5) is 0 Å². The lowest BCUT2D eigenvalue weighted by Gasteiger charge is -2.18. The number of esters is 1. The zero-order valence-electron chi connectivity index (χ0n) is 11.3. The van der Waals surface area contributed by atoms with Crippen molar-refractivity contribution in [1.82, 2.24) is 0 Å². The van der Waals surface area contributed by atoms with Gasteiger partial charge < -0.3 is 20.3 Å². The third-order valence-corrected chi connectivity index (χ3v) is 2.28. The normalized spacial score (nSPS) is 13.1. The van der Waals surface area contributed by atoms with Crippen molar-refractivity contribution in [2.75, 3.05) is 13.2 Å². The number of aliphatic hydroxyl groups is 1. The Hall–Kier alpha value is -1.43. The van der Waals surface area contributed by atoms with Crippen LogP contribution in [0.2, 0.25) is 0 Å². The average molecular weight is 267 g/mol. The fourth-order valence-corrected chi connectivity index (χ4v) is 1.34. The fraction of sp³-hybridized carbons (Fsp3) is 0.500. The molecule has 0 aliphatic heterocycles. The molecule has 5 nitrogen and oxygen atoms in total. The van der Waals surface area contributed by atoms with Crippen molar-refractivity contribution in [1.29, 1.82) is 0 Å². The van der Waals surface area contributed by atoms with Gasteiger partial charge in [0, 0.05) is 0 Å². The molecule has 0 saturated carbocycles. The summed E-state index contributed by atoms with van der Waals surface area (Å²) in [6, 6.07) is 8.52. The smallest absolute Gasteiger partial charge is 0.325 e. The molecule has 5 heteroatoms. The second-order valence-electron chi connectivity index (χ2n) is 5.03. The molecule has 19 heavy (non-hydrogen) atoms. The summed E-state index contributed by atoms with van der Waals surface area (Å²) in [7, 11) is 0. The number of rotatable bonds is 7. The molecule has 1 atom stereocenters. The maximum atomic E-state index is 11.6. The molecule has 0 aliphatic carbocycles. The maximum Gasteiger partial charge on any atom is 0.325 e. The van der Waals surface area contributed by atoms with Crippen molar-refractivity contribution < 1.29 is 19.4 Å². The maximum absolute atomic E-state index is 11.6. The number of carbonyl (C=O) groups is 1. The Bertz CT molecular complexity index is 386. The van der Waals surface area contributed by atoms with Crippen LogP contribution < -0.4 is 5.73 Å². The van der Waals surface area contributed by atoms with E-state index in [0.29, 0.717) is 0 Å². The molecule has 0 bridgehead atoms. The first-order chi connectivity index (χ1) is 8.88. The lowest BCUT2D eigenvalue weighted by Crippen LogP contribution is -2.38. The molecule has 0 radical (unpaired) electrons. The van der Waals surface area contributed by atoms with Crippen LogP contribution in [0.1, 0.15) is 19.4 Å². The van der Waals surface area contributed by atoms with Crippen LogP contribution in [0.15, 0.2) is 30.3 Å². The third kappa shape index (κ3) is 6.91. The molecule has 0 aromatic heterocycles. The highest BCUT2D eigenvalue weighted by Crippen LogP contribution is 2.03. The summed E-state index contributed by atoms with van der Waals surface area (Å²) in [5.41, 5.74) is 5.60. The molecule has 1 rings (SSSR count). The van der Waals surface area contributed by atoms with Crippen LogP contribution in [-0.4, -0.2) is 35.9 Å². The summed E-state index contributed by atoms with van der Waals surface area (Å²) in [6.07, 6.45) is 0. The fourth-order valence-electron chi connectivity index (χ4n) is 1.34. The minimum absolute atomic E-state index is 0.0254. The highest BCUT2D eigenvalue weighted by Gasteiger charge is 2.18. The Labute approximate surface area is 113 Å². The number of nitrogens with two attached hydrogens (primary N) is 1. The van der Waals surface area contributed by atoms with Gasteiger partial charge in [0.25, 0.3) is 0 Å². The second-order valence-corrected chi connectivity index (χ2v) is 5.03. The first-order valence-corrected chi connectivity index (χ1v) is 6.15. The molecule has 0 amide bonds. The van der Waals surface area contributed by atoms with Gasteiger partial charge in [-0.3, -0.25) is 4.79 Å². The predicted octanol–water partition coefficient (Wildman–Crippen LogP) is 0.845. The Morgan fingerprint density at radius 3 is 2.58 bits per heavy atom. The molecule has 3 N–H and O–H groups in total. The van der Waals surface area contributed by atoms with Gasteiger partial charge in [0.2, 0.25) is 0 Å². The van der Waals surface area contributed by atoms with E-state index in [1.54, 1.807) is 13.8 Å². The zero-order valence-corrected chi connectivity index (χ0v) is 11.3. The highest BCUT2D eigenvalue weighted by atomic mass is 16.5. The molecule has 1 aromatic carbocycles. The molecule has 0 heterocycles. The summed E-state index contributed by atoms with van der Waals surface area (Å²) in [4.78, 5) is 11.6. The molecule has 0 fully saturated rings. The van der Waals surface area contributed by atoms with Crippen LogP contribution in [0.25, 0.3) is 0 Å². The van der Waals surface area contributed by atoms with E-state index in [1.807, 2.05) is 30.3 Å². The Morgan fingerprint density at radius 2 is 2.00 bits per heavy atom. The Balaban J connectivity index is 2.25. The van der Waals surface area contributed by atoms with Gasteiger partial charge in [0.15, 0.2) is 0 Å². The third-order valence-electron chi connectivity index (χ3n) is 2.28. The van der Waals surface area contributed by atoms with E-state index >= 15 is 0 Å². The second kappa shape index (κ2) is 7.23. The Morgan fingerprint density at radius 1 is 1.37 bits per heavy atom. The van der Waals surface area contributed by atoms with E-state index in [9.17, 15) is 9.90 Å². The van der Waals surface area contributed by atoms with Crippen LogP contribution >= 0.6 is 0 Å². The quantitative estimate of drug-likeness (QED) is 0.716. The van der Waals surface area contributed by atoms with E-state index in [4.69, 9.17) is 15.2 Å². The van der Waals surface area contributed by atoms with Gasteiger partial charge >= 0.3 is 5.97 Å². The number of benzene rings is 1. The van der Waals surface area contributed by atoms with Gasteiger partial charge in [-0.2, -0.15) is 0 Å². The predicted molar refractivity (Wildman–Crippen MR) is 71.3 cm³/mol. The molecule has 0 saturated heterocycles. The van der Waals surface area contributed by atoms with E-state index in [1.165, 1.54) is 0 Å². The van der Waals surface area contributed by atoms with Crippen LogP contribution in [0, 0.1) is 0 Å². The van der Waals surface area contributed by atoms with Gasteiger partial charge in [-0.1, -0.05) is 30.3 Å². The van der Waals surface area contributed by atoms with Gasteiger partial charge in [0.05, 0.1) is 18.8 Å². The minimum Gasteiger partial charge on any atom is -0.460 e. The van der Waals surface area contributed by atoms with Gasteiger partial charge in [-0.15, -0.1) is 0 Å². The van der Waals surface area contributed by atoms with Crippen molar-refractivity contribution in [3.05, 3.63) is 35.9 Å². The van der Waals surface area contributed by atoms with Gasteiger partial charge in [-0.05, 0) is 19.4 Å². The summed E-state index contributed by atoms with van der Waals surface area (Å²) in [5.74, 6) is -0.514. The standard InChI is InChI=1S/C14H21NO4/c1-14(2,17)10-18-9-12(15)13(16)19-8-11-6-4-3-5-7-11/h3-7,12,17H,8-10,15H2,1-2H3/t12-/m1/s1. The van der Waals surface area contributed by atoms with E-state index in [0.717, 1.165) is 5.56 Å². The highest BCUT2D eigenvalue weighted by molar-refractivity contribution is 5.75. The van der Waals surface area contributed by atoms with Crippen LogP contribution in [-0.2, 0) is 20.9 Å². The van der Waals surface area contributed by atoms with Crippen molar-refractivity contribution in [2.45, 2.75) is 32.1 Å². The Kier molecular flexibility index (Phi) is 5.95. The number of carbonyl (C=O) groups excluding carboxylic acids is 1. The number of hydrogen-bond donors (Lipinski definition) is 2. The SMILES string of the molecule is CC(C)(O)COC[C@@H](N)C(=O)OCc1ccccc1. The van der Waals surface area contributed by atoms with Crippen LogP contribution in [0.5, 0.6) is 0 Å². The lowest BCUT2D eigenvalue weighted by molar-refractivity contribution is -0.148. The zero-order chi connectivity index (χ0) is 14.3. The lowest BCUT2D eigenvalue weighted by atomic mass is 10.2. The summed E-state index contributed by atoms with van der Waals surface area (Å²) in [5, 5.41) is 9.44. The van der Waals surface area contributed by atoms with Crippen molar-refractivity contribution in [3.63, 3.8) is 0 Å². The first-order valence-electron chi connectivity index (χ1n) is 6.15. The summed E-state index contributed by atoms with van der Waals surface area (Å²) in [6.45, 7) is 3.57. The number of ether oxygens (including phenoxy) is 2. The molecule has 1 aromatic rings. The molecule has 0 spiro atoms. The van der Waals surface area contributed by atoms with Gasteiger partial charge in [-0.25, -0.2) is 0 Å². The first kappa shape index (κ1) is 15.6. The van der Waals surface area contributed by atoms with Crippen molar-refractivity contribution in [2.24, 2.45) is 5.73 Å². The van der Waals surface area contributed by atoms with Crippen molar-refractivity contribution >= 4 is 5.97 Å². The largest absolute Gasteiger partial charge is 0.460 e. The summed E-state index contributed by atoms with van der Waals surface area (Å²) >= 11 is 0. The van der Waals surface area contributed by atoms with Gasteiger partial charge in [0.1, 0.15) is 12.6 Å². The van der Waals surface area contributed by atoms with E-state index in [2.05, 4.69) is 0 Å². The monoisotopic (exact) mass is 267 g/mol. The van der Waals surface area contributed by atoms with Crippen LogP contribution in [0.3, 0.4) is 0 Å². The number of hydrogen-bond acceptors (Lipinski definition) is 5. The minimum atomic E-state index is -0.937. The topological polar surface area (TPSA) is 81.8 Å². The molecular weight excluding hydrogens is 246 g/mol.